The zero-order valence-corrected chi connectivity index (χ0v) is 21.8. The molecule has 1 saturated heterocycles. The number of nitrogens with one attached hydrogen (secondary N) is 2. The zero-order valence-electron chi connectivity index (χ0n) is 21.8. The van der Waals surface area contributed by atoms with Crippen molar-refractivity contribution in [1.29, 1.82) is 0 Å². The van der Waals surface area contributed by atoms with E-state index in [4.69, 9.17) is 14.5 Å². The molecule has 1 aromatic heterocycles. The van der Waals surface area contributed by atoms with Crippen LogP contribution >= 0.6 is 0 Å². The van der Waals surface area contributed by atoms with E-state index < -0.39 is 5.60 Å². The summed E-state index contributed by atoms with van der Waals surface area (Å²) in [5.74, 6) is 0.569. The standard InChI is InChI=1S/C30H37N3O4/c1-20-27(33-29(34)22-5-8-25(9-6-22)37-19-26-4-3-15-36-26)10-7-23-16-21(18-32-28(20)23)17-31-24-11-13-30(2,35)14-12-24/h5-10,16,18,24,26,31,35H,3-4,11-15,17,19H2,1-2H3,(H,33,34)/t24-,26-,30+/m1/s1. The normalized spacial score (nSPS) is 23.8. The second kappa shape index (κ2) is 11.2. The Kier molecular flexibility index (Phi) is 7.74. The van der Waals surface area contributed by atoms with E-state index in [1.54, 1.807) is 12.1 Å². The van der Waals surface area contributed by atoms with Gasteiger partial charge in [0, 0.05) is 42.0 Å². The summed E-state index contributed by atoms with van der Waals surface area (Å²) in [5.41, 5.74) is 3.76. The molecule has 1 saturated carbocycles. The first-order chi connectivity index (χ1) is 17.9. The Hall–Kier alpha value is -3.00. The molecule has 7 nitrogen and oxygen atoms in total. The van der Waals surface area contributed by atoms with Gasteiger partial charge < -0.3 is 25.2 Å². The third-order valence-corrected chi connectivity index (χ3v) is 7.64. The van der Waals surface area contributed by atoms with E-state index >= 15 is 0 Å². The molecule has 3 aromatic rings. The fraction of sp³-hybridized carbons (Fsp3) is 0.467. The summed E-state index contributed by atoms with van der Waals surface area (Å²) >= 11 is 0. The third kappa shape index (κ3) is 6.47. The lowest BCUT2D eigenvalue weighted by molar-refractivity contribution is 0.0140. The number of hydrogen-bond acceptors (Lipinski definition) is 6. The summed E-state index contributed by atoms with van der Waals surface area (Å²) in [4.78, 5) is 17.6. The highest BCUT2D eigenvalue weighted by Gasteiger charge is 2.28. The maximum atomic E-state index is 12.9. The summed E-state index contributed by atoms with van der Waals surface area (Å²) in [6, 6.07) is 13.7. The van der Waals surface area contributed by atoms with Crippen molar-refractivity contribution in [3.8, 4) is 5.75 Å². The molecular weight excluding hydrogens is 466 g/mol. The third-order valence-electron chi connectivity index (χ3n) is 7.64. The van der Waals surface area contributed by atoms with Gasteiger partial charge in [-0.2, -0.15) is 0 Å². The molecule has 1 atom stereocenters. The van der Waals surface area contributed by atoms with Crippen molar-refractivity contribution < 1.29 is 19.4 Å². The van der Waals surface area contributed by atoms with Crippen LogP contribution in [0.5, 0.6) is 5.75 Å². The number of fused-ring (bicyclic) bond motifs is 1. The van der Waals surface area contributed by atoms with E-state index in [9.17, 15) is 9.90 Å². The maximum Gasteiger partial charge on any atom is 0.255 e. The average Bonchev–Trinajstić information content (AvgIpc) is 3.42. The van der Waals surface area contributed by atoms with Gasteiger partial charge in [0.1, 0.15) is 12.4 Å². The van der Waals surface area contributed by atoms with Crippen molar-refractivity contribution in [1.82, 2.24) is 10.3 Å². The van der Waals surface area contributed by atoms with E-state index in [-0.39, 0.29) is 12.0 Å². The molecule has 0 spiro atoms. The van der Waals surface area contributed by atoms with Crippen LogP contribution in [-0.2, 0) is 11.3 Å². The lowest BCUT2D eigenvalue weighted by Gasteiger charge is -2.33. The van der Waals surface area contributed by atoms with E-state index in [1.165, 1.54) is 0 Å². The van der Waals surface area contributed by atoms with E-state index in [0.717, 1.165) is 85.1 Å². The minimum Gasteiger partial charge on any atom is -0.491 e. The predicted molar refractivity (Wildman–Crippen MR) is 145 cm³/mol. The highest BCUT2D eigenvalue weighted by atomic mass is 16.5. The lowest BCUT2D eigenvalue weighted by atomic mass is 9.83. The van der Waals surface area contributed by atoms with E-state index in [2.05, 4.69) is 16.7 Å². The average molecular weight is 504 g/mol. The van der Waals surface area contributed by atoms with Crippen LogP contribution in [0.3, 0.4) is 0 Å². The molecular formula is C30H37N3O4. The van der Waals surface area contributed by atoms with E-state index in [0.29, 0.717) is 18.2 Å². The van der Waals surface area contributed by atoms with Gasteiger partial charge in [-0.3, -0.25) is 9.78 Å². The Bertz CT molecular complexity index is 1230. The number of amides is 1. The SMILES string of the molecule is Cc1c(NC(=O)c2ccc(OC[C@H]3CCCO3)cc2)ccc2cc(CN[C@H]3CC[C@@](C)(O)CC3)cnc12. The summed E-state index contributed by atoms with van der Waals surface area (Å²) in [6.07, 6.45) is 7.83. The maximum absolute atomic E-state index is 12.9. The lowest BCUT2D eigenvalue weighted by Crippen LogP contribution is -2.39. The molecule has 196 valence electrons. The minimum absolute atomic E-state index is 0.162. The van der Waals surface area contributed by atoms with Crippen LogP contribution in [0.2, 0.25) is 0 Å². The Morgan fingerprint density at radius 3 is 2.68 bits per heavy atom. The second-order valence-corrected chi connectivity index (χ2v) is 10.7. The number of carbonyl (C=O) groups is 1. The van der Waals surface area contributed by atoms with Crippen LogP contribution in [0, 0.1) is 6.92 Å². The monoisotopic (exact) mass is 503 g/mol. The van der Waals surface area contributed by atoms with Crippen molar-refractivity contribution in [2.75, 3.05) is 18.5 Å². The molecule has 2 fully saturated rings. The quantitative estimate of drug-likeness (QED) is 0.394. The van der Waals surface area contributed by atoms with Crippen molar-refractivity contribution in [2.45, 2.75) is 76.7 Å². The van der Waals surface area contributed by atoms with Gasteiger partial charge in [-0.15, -0.1) is 0 Å². The highest BCUT2D eigenvalue weighted by Crippen LogP contribution is 2.28. The van der Waals surface area contributed by atoms with Crippen LogP contribution in [0.15, 0.2) is 48.7 Å². The highest BCUT2D eigenvalue weighted by molar-refractivity contribution is 6.06. The smallest absolute Gasteiger partial charge is 0.255 e. The van der Waals surface area contributed by atoms with Gasteiger partial charge in [0.2, 0.25) is 0 Å². The summed E-state index contributed by atoms with van der Waals surface area (Å²) < 4.78 is 11.4. The molecule has 37 heavy (non-hydrogen) atoms. The molecule has 5 rings (SSSR count). The summed E-state index contributed by atoms with van der Waals surface area (Å²) in [7, 11) is 0. The Balaban J connectivity index is 1.18. The van der Waals surface area contributed by atoms with Gasteiger partial charge in [0.15, 0.2) is 0 Å². The van der Waals surface area contributed by atoms with Crippen LogP contribution in [0.4, 0.5) is 5.69 Å². The molecule has 3 N–H and O–H groups in total. The van der Waals surface area contributed by atoms with Gasteiger partial charge in [-0.1, -0.05) is 6.07 Å². The van der Waals surface area contributed by atoms with Gasteiger partial charge in [0.05, 0.1) is 17.2 Å². The van der Waals surface area contributed by atoms with Crippen molar-refractivity contribution >= 4 is 22.5 Å². The number of pyridine rings is 1. The van der Waals surface area contributed by atoms with Crippen LogP contribution in [0.1, 0.15) is 66.9 Å². The summed E-state index contributed by atoms with van der Waals surface area (Å²) in [5, 5.41) is 17.9. The second-order valence-electron chi connectivity index (χ2n) is 10.7. The number of aromatic nitrogens is 1. The molecule has 1 amide bonds. The molecule has 0 unspecified atom stereocenters. The van der Waals surface area contributed by atoms with Crippen molar-refractivity contribution in [2.24, 2.45) is 0 Å². The van der Waals surface area contributed by atoms with Crippen LogP contribution < -0.4 is 15.4 Å². The number of anilines is 1. The first-order valence-electron chi connectivity index (χ1n) is 13.4. The Labute approximate surface area is 218 Å². The molecule has 0 radical (unpaired) electrons. The Morgan fingerprint density at radius 2 is 1.95 bits per heavy atom. The largest absolute Gasteiger partial charge is 0.491 e. The molecule has 2 aliphatic rings. The Morgan fingerprint density at radius 1 is 1.16 bits per heavy atom. The zero-order chi connectivity index (χ0) is 25.8. The van der Waals surface area contributed by atoms with Crippen LogP contribution in [-0.4, -0.2) is 47.0 Å². The molecule has 1 aliphatic carbocycles. The minimum atomic E-state index is -0.518. The van der Waals surface area contributed by atoms with Crippen molar-refractivity contribution in [3.63, 3.8) is 0 Å². The fourth-order valence-corrected chi connectivity index (χ4v) is 5.19. The first kappa shape index (κ1) is 25.6. The number of aryl methyl sites for hydroxylation is 1. The predicted octanol–water partition coefficient (Wildman–Crippen LogP) is 5.14. The molecule has 2 heterocycles. The first-order valence-corrected chi connectivity index (χ1v) is 13.4. The molecule has 1 aliphatic heterocycles. The summed E-state index contributed by atoms with van der Waals surface area (Å²) in [6.45, 7) is 6.01. The number of ether oxygens (including phenoxy) is 2. The number of aliphatic hydroxyl groups is 1. The molecule has 2 aromatic carbocycles. The van der Waals surface area contributed by atoms with Gasteiger partial charge in [0.25, 0.3) is 5.91 Å². The van der Waals surface area contributed by atoms with E-state index in [1.807, 2.05) is 44.3 Å². The number of nitrogens with zero attached hydrogens (tertiary/aromatic N) is 1. The number of hydrogen-bond donors (Lipinski definition) is 3. The fourth-order valence-electron chi connectivity index (χ4n) is 5.19. The van der Waals surface area contributed by atoms with Gasteiger partial charge >= 0.3 is 0 Å². The number of benzene rings is 2. The molecule has 7 heteroatoms. The van der Waals surface area contributed by atoms with Crippen molar-refractivity contribution in [3.05, 3.63) is 65.4 Å². The van der Waals surface area contributed by atoms with Crippen LogP contribution in [0.25, 0.3) is 10.9 Å². The van der Waals surface area contributed by atoms with Gasteiger partial charge in [-0.25, -0.2) is 0 Å². The number of carbonyl (C=O) groups excluding carboxylic acids is 1. The molecule has 0 bridgehead atoms. The van der Waals surface area contributed by atoms with Gasteiger partial charge in [-0.05, 0) is 99.9 Å². The topological polar surface area (TPSA) is 92.7 Å². The number of rotatable bonds is 8.